The highest BCUT2D eigenvalue weighted by Gasteiger charge is 2.07. The van der Waals surface area contributed by atoms with Crippen LogP contribution in [0.1, 0.15) is 32.5 Å². The molecule has 0 radical (unpaired) electrons. The fraction of sp³-hybridized carbons (Fsp3) is 0.800. The molecule has 0 bridgehead atoms. The van der Waals surface area contributed by atoms with Crippen LogP contribution in [0.15, 0.2) is 0 Å². The van der Waals surface area contributed by atoms with Gasteiger partial charge in [-0.1, -0.05) is 6.92 Å². The molecule has 0 saturated carbocycles. The Morgan fingerprint density at radius 2 is 2.31 bits per heavy atom. The van der Waals surface area contributed by atoms with Gasteiger partial charge in [-0.15, -0.1) is 0 Å². The average molecular weight is 261 g/mol. The summed E-state index contributed by atoms with van der Waals surface area (Å²) in [6.45, 7) is 4.20. The Hall–Kier alpha value is -0.490. The van der Waals surface area contributed by atoms with E-state index in [4.69, 9.17) is 0 Å². The molecule has 6 heteroatoms. The number of anilines is 1. The van der Waals surface area contributed by atoms with Crippen molar-refractivity contribution in [3.8, 4) is 0 Å². The number of aryl methyl sites for hydroxylation is 1. The molecule has 0 fully saturated rings. The van der Waals surface area contributed by atoms with Crippen molar-refractivity contribution in [2.24, 2.45) is 0 Å². The van der Waals surface area contributed by atoms with Gasteiger partial charge in [0.25, 0.3) is 0 Å². The molecule has 0 aromatic carbocycles. The fourth-order valence-corrected chi connectivity index (χ4v) is 2.67. The molecule has 0 amide bonds. The maximum Gasteiger partial charge on any atom is 0.202 e. The molecule has 16 heavy (non-hydrogen) atoms. The molecular weight excluding hydrogens is 242 g/mol. The van der Waals surface area contributed by atoms with Crippen LogP contribution in [0.4, 0.5) is 5.13 Å². The number of nitrogens with one attached hydrogen (secondary N) is 1. The summed E-state index contributed by atoms with van der Waals surface area (Å²) in [4.78, 5) is 4.39. The fourth-order valence-electron chi connectivity index (χ4n) is 1.26. The number of hydrogen-bond acceptors (Lipinski definition) is 5. The van der Waals surface area contributed by atoms with Crippen molar-refractivity contribution in [2.45, 2.75) is 39.2 Å². The Labute approximate surface area is 103 Å². The number of hydrogen-bond donors (Lipinski definition) is 1. The summed E-state index contributed by atoms with van der Waals surface area (Å²) in [5, 5.41) is 4.16. The van der Waals surface area contributed by atoms with E-state index in [9.17, 15) is 4.21 Å². The number of rotatable bonds is 7. The SMILES string of the molecule is CCCc1nsc(NC(C)CCS(C)=O)n1. The highest BCUT2D eigenvalue weighted by atomic mass is 32.2. The Morgan fingerprint density at radius 1 is 1.56 bits per heavy atom. The summed E-state index contributed by atoms with van der Waals surface area (Å²) in [5.74, 6) is 1.65. The van der Waals surface area contributed by atoms with E-state index in [-0.39, 0.29) is 0 Å². The van der Waals surface area contributed by atoms with Crippen molar-refractivity contribution in [2.75, 3.05) is 17.3 Å². The topological polar surface area (TPSA) is 54.9 Å². The monoisotopic (exact) mass is 261 g/mol. The van der Waals surface area contributed by atoms with Crippen molar-refractivity contribution < 1.29 is 4.21 Å². The van der Waals surface area contributed by atoms with E-state index in [0.29, 0.717) is 6.04 Å². The van der Waals surface area contributed by atoms with E-state index in [1.807, 2.05) is 0 Å². The minimum Gasteiger partial charge on any atom is -0.358 e. The molecule has 1 rings (SSSR count). The molecular formula is C10H19N3OS2. The summed E-state index contributed by atoms with van der Waals surface area (Å²) in [6.07, 6.45) is 4.63. The van der Waals surface area contributed by atoms with Crippen LogP contribution < -0.4 is 5.32 Å². The Balaban J connectivity index is 2.37. The highest BCUT2D eigenvalue weighted by molar-refractivity contribution is 7.84. The van der Waals surface area contributed by atoms with Gasteiger partial charge in [0.1, 0.15) is 5.82 Å². The summed E-state index contributed by atoms with van der Waals surface area (Å²) in [6, 6.07) is 0.298. The van der Waals surface area contributed by atoms with Gasteiger partial charge in [0.05, 0.1) is 0 Å². The second kappa shape index (κ2) is 6.96. The van der Waals surface area contributed by atoms with E-state index in [2.05, 4.69) is 28.5 Å². The van der Waals surface area contributed by atoms with Gasteiger partial charge in [-0.3, -0.25) is 4.21 Å². The van der Waals surface area contributed by atoms with Crippen molar-refractivity contribution in [3.63, 3.8) is 0 Å². The van der Waals surface area contributed by atoms with Gasteiger partial charge in [0.2, 0.25) is 5.13 Å². The largest absolute Gasteiger partial charge is 0.358 e. The number of nitrogens with zero attached hydrogens (tertiary/aromatic N) is 2. The van der Waals surface area contributed by atoms with E-state index in [0.717, 1.165) is 36.0 Å². The molecule has 0 aliphatic carbocycles. The predicted octanol–water partition coefficient (Wildman–Crippen LogP) is 2.06. The van der Waals surface area contributed by atoms with Crippen LogP contribution in [0.3, 0.4) is 0 Å². The molecule has 1 N–H and O–H groups in total. The van der Waals surface area contributed by atoms with Crippen LogP contribution in [-0.4, -0.2) is 31.6 Å². The Bertz CT molecular complexity index is 341. The zero-order chi connectivity index (χ0) is 12.0. The Morgan fingerprint density at radius 3 is 2.94 bits per heavy atom. The van der Waals surface area contributed by atoms with E-state index in [1.165, 1.54) is 11.5 Å². The van der Waals surface area contributed by atoms with Gasteiger partial charge in [0, 0.05) is 46.8 Å². The van der Waals surface area contributed by atoms with Gasteiger partial charge >= 0.3 is 0 Å². The lowest BCUT2D eigenvalue weighted by Crippen LogP contribution is -2.17. The van der Waals surface area contributed by atoms with E-state index < -0.39 is 10.8 Å². The maximum absolute atomic E-state index is 10.9. The van der Waals surface area contributed by atoms with Gasteiger partial charge in [-0.05, 0) is 19.8 Å². The molecule has 0 spiro atoms. The lowest BCUT2D eigenvalue weighted by atomic mass is 10.3. The average Bonchev–Trinajstić information content (AvgIpc) is 2.63. The van der Waals surface area contributed by atoms with Crippen LogP contribution in [0.25, 0.3) is 0 Å². The molecule has 1 aromatic rings. The summed E-state index contributed by atoms with van der Waals surface area (Å²) < 4.78 is 15.2. The molecule has 0 saturated heterocycles. The first-order valence-corrected chi connectivity index (χ1v) is 8.01. The highest BCUT2D eigenvalue weighted by Crippen LogP contribution is 2.14. The third kappa shape index (κ3) is 5.03. The zero-order valence-electron chi connectivity index (χ0n) is 10.0. The first kappa shape index (κ1) is 13.6. The summed E-state index contributed by atoms with van der Waals surface area (Å²) in [5.41, 5.74) is 0. The van der Waals surface area contributed by atoms with Crippen LogP contribution in [0, 0.1) is 0 Å². The lowest BCUT2D eigenvalue weighted by molar-refractivity contribution is 0.678. The van der Waals surface area contributed by atoms with Crippen LogP contribution in [-0.2, 0) is 17.2 Å². The van der Waals surface area contributed by atoms with Crippen molar-refractivity contribution >= 4 is 27.5 Å². The number of aromatic nitrogens is 2. The van der Waals surface area contributed by atoms with Gasteiger partial charge in [-0.25, -0.2) is 4.98 Å². The van der Waals surface area contributed by atoms with Crippen molar-refractivity contribution in [3.05, 3.63) is 5.82 Å². The first-order valence-electron chi connectivity index (χ1n) is 5.51. The molecule has 0 aliphatic rings. The molecule has 1 aromatic heterocycles. The van der Waals surface area contributed by atoms with E-state index >= 15 is 0 Å². The molecule has 2 unspecified atom stereocenters. The second-order valence-electron chi connectivity index (χ2n) is 3.88. The molecule has 4 nitrogen and oxygen atoms in total. The zero-order valence-corrected chi connectivity index (χ0v) is 11.7. The van der Waals surface area contributed by atoms with Crippen LogP contribution >= 0.6 is 11.5 Å². The summed E-state index contributed by atoms with van der Waals surface area (Å²) in [7, 11) is -0.715. The molecule has 0 aliphatic heterocycles. The summed E-state index contributed by atoms with van der Waals surface area (Å²) >= 11 is 1.40. The second-order valence-corrected chi connectivity index (χ2v) is 6.18. The van der Waals surface area contributed by atoms with Crippen LogP contribution in [0.2, 0.25) is 0 Å². The van der Waals surface area contributed by atoms with Crippen molar-refractivity contribution in [1.82, 2.24) is 9.36 Å². The van der Waals surface area contributed by atoms with Gasteiger partial charge < -0.3 is 5.32 Å². The predicted molar refractivity (Wildman–Crippen MR) is 70.5 cm³/mol. The molecule has 92 valence electrons. The normalized spacial score (nSPS) is 14.7. The Kier molecular flexibility index (Phi) is 5.90. The van der Waals surface area contributed by atoms with E-state index in [1.54, 1.807) is 6.26 Å². The maximum atomic E-state index is 10.9. The minimum atomic E-state index is -0.715. The quantitative estimate of drug-likeness (QED) is 0.816. The molecule has 1 heterocycles. The third-order valence-electron chi connectivity index (χ3n) is 2.15. The van der Waals surface area contributed by atoms with Gasteiger partial charge in [0.15, 0.2) is 0 Å². The van der Waals surface area contributed by atoms with Gasteiger partial charge in [-0.2, -0.15) is 4.37 Å². The molecule has 2 atom stereocenters. The third-order valence-corrected chi connectivity index (χ3v) is 3.64. The lowest BCUT2D eigenvalue weighted by Gasteiger charge is -2.10. The first-order chi connectivity index (χ1) is 7.61. The minimum absolute atomic E-state index is 0.298. The van der Waals surface area contributed by atoms with Crippen molar-refractivity contribution in [1.29, 1.82) is 0 Å². The smallest absolute Gasteiger partial charge is 0.202 e. The van der Waals surface area contributed by atoms with Crippen LogP contribution in [0.5, 0.6) is 0 Å². The standard InChI is InChI=1S/C10H19N3OS2/c1-4-5-9-12-10(15-13-9)11-8(2)6-7-16(3)14/h8H,4-7H2,1-3H3,(H,11,12,13).